The first-order chi connectivity index (χ1) is 13.9. The van der Waals surface area contributed by atoms with Gasteiger partial charge in [0.15, 0.2) is 5.96 Å². The molecule has 0 atom stereocenters. The van der Waals surface area contributed by atoms with E-state index in [2.05, 4.69) is 26.9 Å². The molecule has 0 heterocycles. The van der Waals surface area contributed by atoms with E-state index in [1.807, 2.05) is 12.1 Å². The van der Waals surface area contributed by atoms with Crippen molar-refractivity contribution in [3.05, 3.63) is 65.2 Å². The van der Waals surface area contributed by atoms with E-state index in [1.54, 1.807) is 57.5 Å². The number of carbonyl (C=O) groups is 2. The van der Waals surface area contributed by atoms with Gasteiger partial charge in [0.05, 0.1) is 6.54 Å². The van der Waals surface area contributed by atoms with Crippen molar-refractivity contribution in [3.63, 3.8) is 0 Å². The third-order valence-electron chi connectivity index (χ3n) is 4.02. The number of hydrogen-bond donors (Lipinski definition) is 3. The van der Waals surface area contributed by atoms with E-state index < -0.39 is 0 Å². The van der Waals surface area contributed by atoms with Crippen LogP contribution in [-0.4, -0.2) is 50.4 Å². The smallest absolute Gasteiger partial charge is 0.253 e. The summed E-state index contributed by atoms with van der Waals surface area (Å²) in [6, 6.07) is 14.4. The van der Waals surface area contributed by atoms with E-state index in [4.69, 9.17) is 6.42 Å². The summed E-state index contributed by atoms with van der Waals surface area (Å²) in [5.41, 5.74) is 2.96. The highest BCUT2D eigenvalue weighted by Crippen LogP contribution is 2.09. The zero-order chi connectivity index (χ0) is 21.2. The van der Waals surface area contributed by atoms with Crippen LogP contribution in [0.15, 0.2) is 53.5 Å². The van der Waals surface area contributed by atoms with Crippen molar-refractivity contribution >= 4 is 47.4 Å². The standard InChI is InChI=1S/C22H25N5O2.HI/c1-5-16-7-6-8-19(13-16)26-20(28)15-25-22(23-2)24-14-17-9-11-18(12-10-17)21(29)27(3)4;/h1,6-13H,14-15H2,2-4H3,(H,26,28)(H2,23,24,25);1H. The van der Waals surface area contributed by atoms with Crippen molar-refractivity contribution < 1.29 is 9.59 Å². The predicted molar refractivity (Wildman–Crippen MR) is 131 cm³/mol. The third-order valence-corrected chi connectivity index (χ3v) is 4.02. The van der Waals surface area contributed by atoms with Gasteiger partial charge in [0.25, 0.3) is 5.91 Å². The van der Waals surface area contributed by atoms with E-state index in [9.17, 15) is 9.59 Å². The van der Waals surface area contributed by atoms with Crippen LogP contribution in [0.1, 0.15) is 21.5 Å². The van der Waals surface area contributed by atoms with Crippen LogP contribution in [0.4, 0.5) is 5.69 Å². The second-order valence-electron chi connectivity index (χ2n) is 6.45. The average molecular weight is 519 g/mol. The maximum absolute atomic E-state index is 12.1. The van der Waals surface area contributed by atoms with Crippen LogP contribution in [0.2, 0.25) is 0 Å². The Kier molecular flexibility index (Phi) is 10.4. The molecule has 0 fully saturated rings. The number of nitrogens with one attached hydrogen (secondary N) is 3. The number of anilines is 1. The zero-order valence-corrected chi connectivity index (χ0v) is 19.6. The molecule has 0 aliphatic rings. The van der Waals surface area contributed by atoms with Gasteiger partial charge in [0, 0.05) is 44.5 Å². The molecule has 0 aromatic heterocycles. The fourth-order valence-electron chi connectivity index (χ4n) is 2.49. The number of terminal acetylenes is 1. The largest absolute Gasteiger partial charge is 0.352 e. The Balaban J connectivity index is 0.00000450. The van der Waals surface area contributed by atoms with E-state index in [0.29, 0.717) is 29.3 Å². The molecule has 0 saturated carbocycles. The van der Waals surface area contributed by atoms with Gasteiger partial charge in [-0.3, -0.25) is 14.6 Å². The van der Waals surface area contributed by atoms with Gasteiger partial charge in [-0.25, -0.2) is 0 Å². The van der Waals surface area contributed by atoms with Crippen LogP contribution in [0.5, 0.6) is 0 Å². The number of guanidine groups is 1. The highest BCUT2D eigenvalue weighted by Gasteiger charge is 2.08. The molecule has 2 rings (SSSR count). The summed E-state index contributed by atoms with van der Waals surface area (Å²) in [5.74, 6) is 2.77. The maximum atomic E-state index is 12.1. The summed E-state index contributed by atoms with van der Waals surface area (Å²) >= 11 is 0. The molecule has 0 spiro atoms. The molecule has 2 aromatic rings. The number of hydrogen-bond acceptors (Lipinski definition) is 3. The van der Waals surface area contributed by atoms with Crippen LogP contribution in [0.3, 0.4) is 0 Å². The normalized spacial score (nSPS) is 10.3. The fourth-order valence-corrected chi connectivity index (χ4v) is 2.49. The Hall–Kier alpha value is -3.06. The molecule has 3 N–H and O–H groups in total. The molecule has 0 aliphatic carbocycles. The van der Waals surface area contributed by atoms with Crippen LogP contribution in [0.25, 0.3) is 0 Å². The predicted octanol–water partition coefficient (Wildman–Crippen LogP) is 2.29. The molecular weight excluding hydrogens is 493 g/mol. The molecule has 0 aliphatic heterocycles. The van der Waals surface area contributed by atoms with Crippen LogP contribution in [0, 0.1) is 12.3 Å². The lowest BCUT2D eigenvalue weighted by atomic mass is 10.1. The number of aliphatic imine (C=N–C) groups is 1. The molecule has 0 bridgehead atoms. The Morgan fingerprint density at radius 1 is 1.10 bits per heavy atom. The molecule has 8 heteroatoms. The second kappa shape index (κ2) is 12.5. The van der Waals surface area contributed by atoms with Crippen molar-refractivity contribution in [1.29, 1.82) is 0 Å². The van der Waals surface area contributed by atoms with Gasteiger partial charge in [-0.05, 0) is 35.9 Å². The first-order valence-corrected chi connectivity index (χ1v) is 9.04. The Morgan fingerprint density at radius 2 is 1.80 bits per heavy atom. The molecule has 0 saturated heterocycles. The first-order valence-electron chi connectivity index (χ1n) is 9.04. The van der Waals surface area contributed by atoms with Crippen molar-refractivity contribution in [2.75, 3.05) is 33.0 Å². The molecular formula is C22H26IN5O2. The molecule has 0 unspecified atom stereocenters. The summed E-state index contributed by atoms with van der Waals surface area (Å²) in [7, 11) is 5.06. The molecule has 158 valence electrons. The zero-order valence-electron chi connectivity index (χ0n) is 17.2. The average Bonchev–Trinajstić information content (AvgIpc) is 2.73. The monoisotopic (exact) mass is 519 g/mol. The van der Waals surface area contributed by atoms with E-state index in [0.717, 1.165) is 5.56 Å². The van der Waals surface area contributed by atoms with Gasteiger partial charge in [-0.1, -0.05) is 24.1 Å². The lowest BCUT2D eigenvalue weighted by Gasteiger charge is -2.13. The van der Waals surface area contributed by atoms with Gasteiger partial charge in [0.2, 0.25) is 5.91 Å². The van der Waals surface area contributed by atoms with Gasteiger partial charge in [0.1, 0.15) is 0 Å². The molecule has 30 heavy (non-hydrogen) atoms. The second-order valence-corrected chi connectivity index (χ2v) is 6.45. The number of halogens is 1. The minimum Gasteiger partial charge on any atom is -0.352 e. The van der Waals surface area contributed by atoms with Gasteiger partial charge >= 0.3 is 0 Å². The molecule has 2 amide bonds. The lowest BCUT2D eigenvalue weighted by Crippen LogP contribution is -2.41. The third kappa shape index (κ3) is 7.75. The molecule has 0 radical (unpaired) electrons. The number of benzene rings is 2. The van der Waals surface area contributed by atoms with E-state index in [1.165, 1.54) is 4.90 Å². The molecule has 7 nitrogen and oxygen atoms in total. The minimum absolute atomic E-state index is 0. The fraction of sp³-hybridized carbons (Fsp3) is 0.227. The molecule has 2 aromatic carbocycles. The number of rotatable bonds is 6. The van der Waals surface area contributed by atoms with Crippen molar-refractivity contribution in [2.24, 2.45) is 4.99 Å². The van der Waals surface area contributed by atoms with Crippen molar-refractivity contribution in [3.8, 4) is 12.3 Å². The number of amides is 2. The van der Waals surface area contributed by atoms with Gasteiger partial charge in [-0.15, -0.1) is 30.4 Å². The Morgan fingerprint density at radius 3 is 2.40 bits per heavy atom. The summed E-state index contributed by atoms with van der Waals surface area (Å²) in [5, 5.41) is 8.87. The summed E-state index contributed by atoms with van der Waals surface area (Å²) in [6.07, 6.45) is 5.37. The van der Waals surface area contributed by atoms with Crippen molar-refractivity contribution in [1.82, 2.24) is 15.5 Å². The number of carbonyl (C=O) groups excluding carboxylic acids is 2. The highest BCUT2D eigenvalue weighted by molar-refractivity contribution is 14.0. The van der Waals surface area contributed by atoms with Gasteiger partial charge in [-0.2, -0.15) is 0 Å². The van der Waals surface area contributed by atoms with Crippen LogP contribution < -0.4 is 16.0 Å². The lowest BCUT2D eigenvalue weighted by molar-refractivity contribution is -0.115. The topological polar surface area (TPSA) is 85.8 Å². The minimum atomic E-state index is -0.214. The van der Waals surface area contributed by atoms with E-state index >= 15 is 0 Å². The van der Waals surface area contributed by atoms with Crippen LogP contribution in [-0.2, 0) is 11.3 Å². The SMILES string of the molecule is C#Cc1cccc(NC(=O)CNC(=NC)NCc2ccc(C(=O)N(C)C)cc2)c1.I. The van der Waals surface area contributed by atoms with Gasteiger partial charge < -0.3 is 20.9 Å². The van der Waals surface area contributed by atoms with Crippen LogP contribution >= 0.6 is 24.0 Å². The van der Waals surface area contributed by atoms with E-state index in [-0.39, 0.29) is 42.3 Å². The summed E-state index contributed by atoms with van der Waals surface area (Å²) < 4.78 is 0. The Labute approximate surface area is 194 Å². The number of nitrogens with zero attached hydrogens (tertiary/aromatic N) is 2. The first kappa shape index (κ1) is 25.0. The highest BCUT2D eigenvalue weighted by atomic mass is 127. The maximum Gasteiger partial charge on any atom is 0.253 e. The quantitative estimate of drug-likeness (QED) is 0.237. The van der Waals surface area contributed by atoms with Crippen molar-refractivity contribution in [2.45, 2.75) is 6.54 Å². The summed E-state index contributed by atoms with van der Waals surface area (Å²) in [4.78, 5) is 29.7. The Bertz CT molecular complexity index is 933. The summed E-state index contributed by atoms with van der Waals surface area (Å²) in [6.45, 7) is 0.554.